The summed E-state index contributed by atoms with van der Waals surface area (Å²) in [6.07, 6.45) is 0. The number of amides is 1. The molecule has 2 rings (SSSR count). The molecule has 1 aliphatic rings. The number of hydrogen-bond donors (Lipinski definition) is 2. The van der Waals surface area contributed by atoms with E-state index in [2.05, 4.69) is 5.32 Å². The monoisotopic (exact) mass is 383 g/mol. The van der Waals surface area contributed by atoms with Crippen LogP contribution < -0.4 is 11.1 Å². The van der Waals surface area contributed by atoms with Gasteiger partial charge in [-0.25, -0.2) is 8.42 Å². The molecule has 1 aromatic heterocycles. The fourth-order valence-electron chi connectivity index (χ4n) is 1.98. The summed E-state index contributed by atoms with van der Waals surface area (Å²) in [5.41, 5.74) is 5.27. The SMILES string of the molecule is CC(C)(N)CNC(=O)c1sccc1S(=O)(=O)N1CCOCC1.Cl. The molecule has 132 valence electrons. The first kappa shape index (κ1) is 20.3. The van der Waals surface area contributed by atoms with Crippen molar-refractivity contribution in [2.45, 2.75) is 24.3 Å². The Morgan fingerprint density at radius 3 is 2.61 bits per heavy atom. The van der Waals surface area contributed by atoms with Crippen molar-refractivity contribution in [2.75, 3.05) is 32.8 Å². The van der Waals surface area contributed by atoms with E-state index in [0.717, 1.165) is 11.3 Å². The lowest BCUT2D eigenvalue weighted by atomic mass is 10.1. The molecule has 2 heterocycles. The molecule has 0 unspecified atom stereocenters. The number of carbonyl (C=O) groups excluding carboxylic acids is 1. The van der Waals surface area contributed by atoms with Crippen molar-refractivity contribution in [1.82, 2.24) is 9.62 Å². The van der Waals surface area contributed by atoms with E-state index in [1.165, 1.54) is 10.4 Å². The van der Waals surface area contributed by atoms with Crippen molar-refractivity contribution in [3.63, 3.8) is 0 Å². The number of rotatable bonds is 5. The molecule has 3 N–H and O–H groups in total. The molecule has 23 heavy (non-hydrogen) atoms. The van der Waals surface area contributed by atoms with E-state index in [1.54, 1.807) is 19.2 Å². The van der Waals surface area contributed by atoms with Gasteiger partial charge < -0.3 is 15.8 Å². The van der Waals surface area contributed by atoms with Crippen molar-refractivity contribution in [2.24, 2.45) is 5.73 Å². The number of ether oxygens (including phenoxy) is 1. The normalized spacial score (nSPS) is 16.7. The van der Waals surface area contributed by atoms with E-state index in [9.17, 15) is 13.2 Å². The van der Waals surface area contributed by atoms with Gasteiger partial charge in [-0.2, -0.15) is 4.31 Å². The predicted octanol–water partition coefficient (Wildman–Crippen LogP) is 0.658. The Kier molecular flexibility index (Phi) is 6.99. The second kappa shape index (κ2) is 7.91. The van der Waals surface area contributed by atoms with Crippen LogP contribution in [0.25, 0.3) is 0 Å². The van der Waals surface area contributed by atoms with Crippen molar-refractivity contribution >= 4 is 39.7 Å². The van der Waals surface area contributed by atoms with Crippen molar-refractivity contribution in [3.8, 4) is 0 Å². The fraction of sp³-hybridized carbons (Fsp3) is 0.615. The number of halogens is 1. The minimum Gasteiger partial charge on any atom is -0.379 e. The number of sulfonamides is 1. The van der Waals surface area contributed by atoms with Gasteiger partial charge in [-0.1, -0.05) is 0 Å². The van der Waals surface area contributed by atoms with Crippen molar-refractivity contribution < 1.29 is 17.9 Å². The van der Waals surface area contributed by atoms with E-state index in [1.807, 2.05) is 0 Å². The largest absolute Gasteiger partial charge is 0.379 e. The van der Waals surface area contributed by atoms with Crippen molar-refractivity contribution in [3.05, 3.63) is 16.3 Å². The molecule has 1 aliphatic heterocycles. The van der Waals surface area contributed by atoms with Crippen LogP contribution in [0.2, 0.25) is 0 Å². The highest BCUT2D eigenvalue weighted by Crippen LogP contribution is 2.25. The van der Waals surface area contributed by atoms with Crippen molar-refractivity contribution in [1.29, 1.82) is 0 Å². The van der Waals surface area contributed by atoms with Gasteiger partial charge in [0.1, 0.15) is 9.77 Å². The van der Waals surface area contributed by atoms with Gasteiger partial charge >= 0.3 is 0 Å². The average molecular weight is 384 g/mol. The molecule has 0 saturated carbocycles. The van der Waals surface area contributed by atoms with E-state index < -0.39 is 21.5 Å². The third-order valence-electron chi connectivity index (χ3n) is 3.13. The van der Waals surface area contributed by atoms with Crippen LogP contribution in [0.15, 0.2) is 16.3 Å². The van der Waals surface area contributed by atoms with Crippen LogP contribution in [-0.2, 0) is 14.8 Å². The van der Waals surface area contributed by atoms with Crippen LogP contribution in [0.3, 0.4) is 0 Å². The lowest BCUT2D eigenvalue weighted by Gasteiger charge is -2.26. The number of thiophene rings is 1. The summed E-state index contributed by atoms with van der Waals surface area (Å²) in [4.78, 5) is 12.5. The highest BCUT2D eigenvalue weighted by Gasteiger charge is 2.31. The summed E-state index contributed by atoms with van der Waals surface area (Å²) in [6, 6.07) is 1.47. The van der Waals surface area contributed by atoms with Crippen LogP contribution in [-0.4, -0.2) is 57.0 Å². The quantitative estimate of drug-likeness (QED) is 0.777. The molecular weight excluding hydrogens is 362 g/mol. The van der Waals surface area contributed by atoms with E-state index in [4.69, 9.17) is 10.5 Å². The lowest BCUT2D eigenvalue weighted by Crippen LogP contribution is -2.45. The van der Waals surface area contributed by atoms with Crippen LogP contribution in [0.1, 0.15) is 23.5 Å². The zero-order valence-corrected chi connectivity index (χ0v) is 15.5. The maximum absolute atomic E-state index is 12.6. The minimum absolute atomic E-state index is 0. The molecule has 0 aliphatic carbocycles. The molecule has 1 aromatic rings. The molecule has 10 heteroatoms. The highest BCUT2D eigenvalue weighted by molar-refractivity contribution is 7.89. The first-order valence-corrected chi connectivity index (χ1v) is 9.26. The Morgan fingerprint density at radius 2 is 2.04 bits per heavy atom. The molecule has 0 spiro atoms. The maximum atomic E-state index is 12.6. The van der Waals surface area contributed by atoms with Gasteiger partial charge in [0.2, 0.25) is 10.0 Å². The minimum atomic E-state index is -3.68. The Balaban J connectivity index is 0.00000264. The molecule has 1 amide bonds. The predicted molar refractivity (Wildman–Crippen MR) is 91.7 cm³/mol. The van der Waals surface area contributed by atoms with Crippen LogP contribution in [0.4, 0.5) is 0 Å². The summed E-state index contributed by atoms with van der Waals surface area (Å²) in [6.45, 7) is 5.17. The van der Waals surface area contributed by atoms with Gasteiger partial charge in [0, 0.05) is 25.2 Å². The molecule has 0 atom stereocenters. The second-order valence-corrected chi connectivity index (χ2v) is 8.62. The fourth-order valence-corrected chi connectivity index (χ4v) is 4.71. The van der Waals surface area contributed by atoms with Crippen LogP contribution >= 0.6 is 23.7 Å². The maximum Gasteiger partial charge on any atom is 0.262 e. The van der Waals surface area contributed by atoms with E-state index >= 15 is 0 Å². The lowest BCUT2D eigenvalue weighted by molar-refractivity contribution is 0.0730. The number of nitrogens with zero attached hydrogens (tertiary/aromatic N) is 1. The standard InChI is InChI=1S/C13H21N3O4S2.ClH/c1-13(2,14)9-15-12(17)11-10(3-8-21-11)22(18,19)16-4-6-20-7-5-16;/h3,8H,4-7,9,14H2,1-2H3,(H,15,17);1H. The summed E-state index contributed by atoms with van der Waals surface area (Å²) in [5.74, 6) is -0.416. The number of morpholine rings is 1. The van der Waals surface area contributed by atoms with E-state index in [-0.39, 0.29) is 28.7 Å². The summed E-state index contributed by atoms with van der Waals surface area (Å²) >= 11 is 1.11. The van der Waals surface area contributed by atoms with Gasteiger partial charge in [0.15, 0.2) is 0 Å². The Bertz CT molecular complexity index is 634. The average Bonchev–Trinajstić information content (AvgIpc) is 2.95. The zero-order chi connectivity index (χ0) is 16.4. The van der Waals surface area contributed by atoms with Gasteiger partial charge in [-0.15, -0.1) is 23.7 Å². The summed E-state index contributed by atoms with van der Waals surface area (Å²) in [7, 11) is -3.68. The summed E-state index contributed by atoms with van der Waals surface area (Å²) < 4.78 is 31.8. The van der Waals surface area contributed by atoms with Gasteiger partial charge in [0.05, 0.1) is 13.2 Å². The smallest absolute Gasteiger partial charge is 0.262 e. The van der Waals surface area contributed by atoms with E-state index in [0.29, 0.717) is 26.3 Å². The molecule has 1 saturated heterocycles. The van der Waals surface area contributed by atoms with Gasteiger partial charge in [-0.05, 0) is 25.3 Å². The first-order valence-electron chi connectivity index (χ1n) is 6.94. The summed E-state index contributed by atoms with van der Waals surface area (Å²) in [5, 5.41) is 4.29. The number of hydrogen-bond acceptors (Lipinski definition) is 6. The highest BCUT2D eigenvalue weighted by atomic mass is 35.5. The molecule has 1 fully saturated rings. The van der Waals surface area contributed by atoms with Gasteiger partial charge in [0.25, 0.3) is 5.91 Å². The topological polar surface area (TPSA) is 102 Å². The first-order chi connectivity index (χ1) is 10.2. The van der Waals surface area contributed by atoms with Crippen LogP contribution in [0.5, 0.6) is 0 Å². The molecule has 0 bridgehead atoms. The Hall–Kier alpha value is -0.710. The zero-order valence-electron chi connectivity index (χ0n) is 13.1. The number of carbonyl (C=O) groups is 1. The molecular formula is C13H22ClN3O4S2. The number of nitrogens with two attached hydrogens (primary N) is 1. The Morgan fingerprint density at radius 1 is 1.43 bits per heavy atom. The molecule has 0 radical (unpaired) electrons. The third-order valence-corrected chi connectivity index (χ3v) is 6.11. The van der Waals surface area contributed by atoms with Crippen LogP contribution in [0, 0.1) is 0 Å². The third kappa shape index (κ3) is 5.13. The number of nitrogens with one attached hydrogen (secondary N) is 1. The molecule has 7 nitrogen and oxygen atoms in total. The second-order valence-electron chi connectivity index (χ2n) is 5.80. The molecule has 0 aromatic carbocycles. The van der Waals surface area contributed by atoms with Gasteiger partial charge in [-0.3, -0.25) is 4.79 Å². The Labute approximate surface area is 146 Å².